The maximum Gasteiger partial charge on any atom is 0.259 e. The average molecular weight is 363 g/mol. The lowest BCUT2D eigenvalue weighted by Gasteiger charge is -2.24. The first-order valence-corrected chi connectivity index (χ1v) is 8.80. The van der Waals surface area contributed by atoms with Crippen molar-refractivity contribution in [3.05, 3.63) is 57.6 Å². The Hall–Kier alpha value is -1.71. The normalized spacial score (nSPS) is 14.1. The first kappa shape index (κ1) is 17.1. The molecule has 1 aliphatic rings. The zero-order valence-electron chi connectivity index (χ0n) is 13.9. The van der Waals surface area contributed by atoms with Crippen LogP contribution in [0.5, 0.6) is 0 Å². The molecule has 3 nitrogen and oxygen atoms in total. The number of amides is 1. The molecule has 126 valence electrons. The number of hydrogen-bond donors (Lipinski definition) is 0. The molecule has 0 radical (unpaired) electrons. The Balaban J connectivity index is 1.98. The van der Waals surface area contributed by atoms with Crippen LogP contribution < -0.4 is 9.80 Å². The quantitative estimate of drug-likeness (QED) is 0.746. The molecule has 0 unspecified atom stereocenters. The molecule has 1 aliphatic heterocycles. The van der Waals surface area contributed by atoms with Crippen molar-refractivity contribution in [2.24, 2.45) is 0 Å². The average Bonchev–Trinajstić information content (AvgIpc) is 2.75. The Bertz CT molecular complexity index is 774. The summed E-state index contributed by atoms with van der Waals surface area (Å²) in [5, 5.41) is 1.18. The number of anilines is 2. The highest BCUT2D eigenvalue weighted by atomic mass is 35.5. The lowest BCUT2D eigenvalue weighted by molar-refractivity contribution is 0.0987. The Labute approximate surface area is 152 Å². The van der Waals surface area contributed by atoms with E-state index in [1.165, 1.54) is 0 Å². The van der Waals surface area contributed by atoms with Crippen LogP contribution in [0, 0.1) is 0 Å². The van der Waals surface area contributed by atoms with Crippen LogP contribution >= 0.6 is 23.2 Å². The van der Waals surface area contributed by atoms with Gasteiger partial charge in [-0.25, -0.2) is 0 Å². The van der Waals surface area contributed by atoms with Gasteiger partial charge in [-0.2, -0.15) is 0 Å². The van der Waals surface area contributed by atoms with E-state index >= 15 is 0 Å². The van der Waals surface area contributed by atoms with Crippen molar-refractivity contribution < 1.29 is 4.79 Å². The molecule has 1 amide bonds. The molecule has 0 saturated carbocycles. The van der Waals surface area contributed by atoms with Gasteiger partial charge in [0.05, 0.1) is 10.6 Å². The number of carbonyl (C=O) groups excluding carboxylic acids is 1. The van der Waals surface area contributed by atoms with Crippen LogP contribution in [0.2, 0.25) is 10.0 Å². The fraction of sp³-hybridized carbons (Fsp3) is 0.316. The third-order valence-corrected chi connectivity index (χ3v) is 4.90. The van der Waals surface area contributed by atoms with E-state index in [0.717, 1.165) is 36.2 Å². The summed E-state index contributed by atoms with van der Waals surface area (Å²) < 4.78 is 0. The number of rotatable bonds is 2. The molecule has 0 aromatic heterocycles. The Morgan fingerprint density at radius 1 is 1.08 bits per heavy atom. The van der Waals surface area contributed by atoms with Gasteiger partial charge < -0.3 is 9.80 Å². The minimum Gasteiger partial charge on any atom is -0.378 e. The first-order chi connectivity index (χ1) is 11.5. The summed E-state index contributed by atoms with van der Waals surface area (Å²) in [4.78, 5) is 16.9. The zero-order chi connectivity index (χ0) is 17.3. The van der Waals surface area contributed by atoms with E-state index in [2.05, 4.69) is 0 Å². The third kappa shape index (κ3) is 3.38. The van der Waals surface area contributed by atoms with Gasteiger partial charge in [-0.3, -0.25) is 4.79 Å². The van der Waals surface area contributed by atoms with Gasteiger partial charge in [0.25, 0.3) is 5.91 Å². The summed E-state index contributed by atoms with van der Waals surface area (Å²) in [6.45, 7) is 0.694. The van der Waals surface area contributed by atoms with Crippen LogP contribution in [0.1, 0.15) is 28.8 Å². The Morgan fingerprint density at radius 2 is 1.88 bits per heavy atom. The van der Waals surface area contributed by atoms with E-state index < -0.39 is 0 Å². The second kappa shape index (κ2) is 7.04. The van der Waals surface area contributed by atoms with Crippen molar-refractivity contribution in [3.63, 3.8) is 0 Å². The number of hydrogen-bond acceptors (Lipinski definition) is 2. The standard InChI is InChI=1S/C19H20Cl2N2O/c1-22(2)15-7-8-16(17(21)12-15)19(24)23-10-4-3-5-13-11-14(20)6-9-18(13)23/h6-9,11-12H,3-5,10H2,1-2H3. The summed E-state index contributed by atoms with van der Waals surface area (Å²) in [6, 6.07) is 11.3. The van der Waals surface area contributed by atoms with Gasteiger partial charge in [-0.05, 0) is 61.2 Å². The molecular weight excluding hydrogens is 343 g/mol. The van der Waals surface area contributed by atoms with E-state index in [0.29, 0.717) is 22.2 Å². The lowest BCUT2D eigenvalue weighted by Crippen LogP contribution is -2.32. The van der Waals surface area contributed by atoms with Crippen molar-refractivity contribution in [3.8, 4) is 0 Å². The summed E-state index contributed by atoms with van der Waals surface area (Å²) in [5.74, 6) is -0.0595. The van der Waals surface area contributed by atoms with Gasteiger partial charge >= 0.3 is 0 Å². The van der Waals surface area contributed by atoms with Crippen LogP contribution in [0.15, 0.2) is 36.4 Å². The smallest absolute Gasteiger partial charge is 0.259 e. The highest BCUT2D eigenvalue weighted by Crippen LogP contribution is 2.32. The van der Waals surface area contributed by atoms with E-state index in [1.54, 1.807) is 6.07 Å². The van der Waals surface area contributed by atoms with Gasteiger partial charge in [-0.15, -0.1) is 0 Å². The van der Waals surface area contributed by atoms with Crippen LogP contribution in [-0.4, -0.2) is 26.5 Å². The summed E-state index contributed by atoms with van der Waals surface area (Å²) in [6.07, 6.45) is 2.95. The van der Waals surface area contributed by atoms with Crippen LogP contribution in [0.25, 0.3) is 0 Å². The summed E-state index contributed by atoms with van der Waals surface area (Å²) >= 11 is 12.5. The highest BCUT2D eigenvalue weighted by Gasteiger charge is 2.24. The topological polar surface area (TPSA) is 23.6 Å². The van der Waals surface area contributed by atoms with E-state index in [9.17, 15) is 4.79 Å². The van der Waals surface area contributed by atoms with Gasteiger partial charge in [0.2, 0.25) is 0 Å². The predicted molar refractivity (Wildman–Crippen MR) is 102 cm³/mol. The minimum absolute atomic E-state index is 0.0595. The fourth-order valence-corrected chi connectivity index (χ4v) is 3.49. The minimum atomic E-state index is -0.0595. The number of nitrogens with zero attached hydrogens (tertiary/aromatic N) is 2. The van der Waals surface area contributed by atoms with Crippen molar-refractivity contribution in [2.75, 3.05) is 30.4 Å². The van der Waals surface area contributed by atoms with Gasteiger partial charge in [0.1, 0.15) is 0 Å². The number of carbonyl (C=O) groups is 1. The SMILES string of the molecule is CN(C)c1ccc(C(=O)N2CCCCc3cc(Cl)ccc32)c(Cl)c1. The van der Waals surface area contributed by atoms with Crippen molar-refractivity contribution in [2.45, 2.75) is 19.3 Å². The first-order valence-electron chi connectivity index (χ1n) is 8.04. The molecule has 5 heteroatoms. The number of benzene rings is 2. The van der Waals surface area contributed by atoms with Crippen LogP contribution in [0.4, 0.5) is 11.4 Å². The monoisotopic (exact) mass is 362 g/mol. The van der Waals surface area contributed by atoms with Crippen molar-refractivity contribution in [1.82, 2.24) is 0 Å². The van der Waals surface area contributed by atoms with E-state index in [-0.39, 0.29) is 5.91 Å². The van der Waals surface area contributed by atoms with Gasteiger partial charge in [-0.1, -0.05) is 23.2 Å². The van der Waals surface area contributed by atoms with Crippen molar-refractivity contribution >= 4 is 40.5 Å². The number of fused-ring (bicyclic) bond motifs is 1. The molecule has 1 heterocycles. The number of aryl methyl sites for hydroxylation is 1. The maximum atomic E-state index is 13.1. The van der Waals surface area contributed by atoms with E-state index in [1.807, 2.05) is 54.2 Å². The molecular formula is C19H20Cl2N2O. The molecule has 0 atom stereocenters. The second-order valence-corrected chi connectivity index (χ2v) is 7.09. The largest absolute Gasteiger partial charge is 0.378 e. The van der Waals surface area contributed by atoms with E-state index in [4.69, 9.17) is 23.2 Å². The molecule has 2 aromatic carbocycles. The molecule has 0 N–H and O–H groups in total. The molecule has 24 heavy (non-hydrogen) atoms. The fourth-order valence-electron chi connectivity index (χ4n) is 3.04. The summed E-state index contributed by atoms with van der Waals surface area (Å²) in [5.41, 5.74) is 3.56. The molecule has 0 fully saturated rings. The molecule has 0 bridgehead atoms. The third-order valence-electron chi connectivity index (χ3n) is 4.35. The molecule has 0 aliphatic carbocycles. The molecule has 0 saturated heterocycles. The zero-order valence-corrected chi connectivity index (χ0v) is 15.4. The highest BCUT2D eigenvalue weighted by molar-refractivity contribution is 6.35. The lowest BCUT2D eigenvalue weighted by atomic mass is 10.1. The van der Waals surface area contributed by atoms with Gasteiger partial charge in [0.15, 0.2) is 0 Å². The Morgan fingerprint density at radius 3 is 2.58 bits per heavy atom. The second-order valence-electron chi connectivity index (χ2n) is 6.25. The maximum absolute atomic E-state index is 13.1. The molecule has 3 rings (SSSR count). The molecule has 0 spiro atoms. The Kier molecular flexibility index (Phi) is 5.02. The molecule has 2 aromatic rings. The van der Waals surface area contributed by atoms with Crippen LogP contribution in [0.3, 0.4) is 0 Å². The predicted octanol–water partition coefficient (Wildman–Crippen LogP) is 5.04. The summed E-state index contributed by atoms with van der Waals surface area (Å²) in [7, 11) is 3.89. The van der Waals surface area contributed by atoms with Crippen LogP contribution in [-0.2, 0) is 6.42 Å². The number of halogens is 2. The van der Waals surface area contributed by atoms with Gasteiger partial charge in [0, 0.05) is 37.0 Å². The van der Waals surface area contributed by atoms with Crippen molar-refractivity contribution in [1.29, 1.82) is 0 Å².